The van der Waals surface area contributed by atoms with Crippen LogP contribution in [-0.4, -0.2) is 17.4 Å². The summed E-state index contributed by atoms with van der Waals surface area (Å²) in [7, 11) is 0. The van der Waals surface area contributed by atoms with E-state index in [2.05, 4.69) is 52.8 Å². The van der Waals surface area contributed by atoms with E-state index < -0.39 is 0 Å². The second-order valence-electron chi connectivity index (χ2n) is 7.84. The number of ether oxygens (including phenoxy) is 1. The third kappa shape index (κ3) is 5.08. The molecule has 0 atom stereocenters. The summed E-state index contributed by atoms with van der Waals surface area (Å²) >= 11 is 5.55. The average molecular weight is 397 g/mol. The Morgan fingerprint density at radius 1 is 1.00 bits per heavy atom. The number of ketones is 1. The van der Waals surface area contributed by atoms with E-state index in [4.69, 9.17) is 17.0 Å². The highest BCUT2D eigenvalue weighted by molar-refractivity contribution is 7.80. The summed E-state index contributed by atoms with van der Waals surface area (Å²) < 4.78 is 5.65. The molecule has 3 heteroatoms. The SMILES string of the molecule is CCCc1ccc(C(=O)c2c(C(=S)OCC)cc(C(C)C)cc2C(C)C)cc1. The van der Waals surface area contributed by atoms with E-state index in [0.29, 0.717) is 28.7 Å². The molecule has 0 fully saturated rings. The first kappa shape index (κ1) is 22.3. The van der Waals surface area contributed by atoms with E-state index in [1.54, 1.807) is 0 Å². The van der Waals surface area contributed by atoms with Crippen LogP contribution < -0.4 is 0 Å². The lowest BCUT2D eigenvalue weighted by Crippen LogP contribution is -2.16. The zero-order chi connectivity index (χ0) is 20.8. The number of thiocarbonyl (C=S) groups is 1. The van der Waals surface area contributed by atoms with Crippen molar-refractivity contribution in [3.8, 4) is 0 Å². The van der Waals surface area contributed by atoms with Crippen molar-refractivity contribution in [2.45, 2.75) is 66.2 Å². The highest BCUT2D eigenvalue weighted by atomic mass is 32.1. The van der Waals surface area contributed by atoms with E-state index in [9.17, 15) is 4.79 Å². The third-order valence-corrected chi connectivity index (χ3v) is 5.29. The number of carbonyl (C=O) groups excluding carboxylic acids is 1. The number of hydrogen-bond donors (Lipinski definition) is 0. The van der Waals surface area contributed by atoms with Crippen molar-refractivity contribution in [1.29, 1.82) is 0 Å². The molecule has 2 aromatic rings. The molecule has 0 spiro atoms. The van der Waals surface area contributed by atoms with Gasteiger partial charge in [0.15, 0.2) is 10.8 Å². The topological polar surface area (TPSA) is 26.3 Å². The van der Waals surface area contributed by atoms with Crippen LogP contribution in [0.3, 0.4) is 0 Å². The summed E-state index contributed by atoms with van der Waals surface area (Å²) in [6.45, 7) is 13.1. The number of benzene rings is 2. The molecule has 0 N–H and O–H groups in total. The van der Waals surface area contributed by atoms with Crippen molar-refractivity contribution in [1.82, 2.24) is 0 Å². The van der Waals surface area contributed by atoms with Crippen LogP contribution in [0.4, 0.5) is 0 Å². The first-order valence-corrected chi connectivity index (χ1v) is 10.7. The molecule has 0 bridgehead atoms. The molecule has 0 radical (unpaired) electrons. The molecular formula is C25H32O2S. The van der Waals surface area contributed by atoms with Crippen LogP contribution in [0.25, 0.3) is 0 Å². The number of aryl methyl sites for hydroxylation is 1. The Morgan fingerprint density at radius 3 is 2.14 bits per heavy atom. The molecule has 2 aromatic carbocycles. The lowest BCUT2D eigenvalue weighted by atomic mass is 9.84. The molecule has 2 nitrogen and oxygen atoms in total. The van der Waals surface area contributed by atoms with Gasteiger partial charge in [0.25, 0.3) is 0 Å². The zero-order valence-electron chi connectivity index (χ0n) is 18.0. The van der Waals surface area contributed by atoms with E-state index >= 15 is 0 Å². The quantitative estimate of drug-likeness (QED) is 0.361. The summed E-state index contributed by atoms with van der Waals surface area (Å²) in [5, 5.41) is 0.401. The molecule has 2 rings (SSSR count). The summed E-state index contributed by atoms with van der Waals surface area (Å²) in [4.78, 5) is 13.5. The second kappa shape index (κ2) is 9.97. The number of rotatable bonds is 8. The highest BCUT2D eigenvalue weighted by Crippen LogP contribution is 2.31. The fourth-order valence-corrected chi connectivity index (χ4v) is 3.63. The number of hydrogen-bond acceptors (Lipinski definition) is 3. The Kier molecular flexibility index (Phi) is 7.94. The molecule has 0 heterocycles. The lowest BCUT2D eigenvalue weighted by molar-refractivity contribution is 0.103. The maximum absolute atomic E-state index is 13.5. The standard InChI is InChI=1S/C25H32O2S/c1-7-9-18-10-12-19(13-11-18)24(26)23-21(17(5)6)14-20(16(3)4)15-22(23)25(28)27-8-2/h10-17H,7-9H2,1-6H3. The van der Waals surface area contributed by atoms with Gasteiger partial charge in [0.05, 0.1) is 6.61 Å². The largest absolute Gasteiger partial charge is 0.483 e. The van der Waals surface area contributed by atoms with Gasteiger partial charge in [0.1, 0.15) is 0 Å². The molecule has 0 aliphatic carbocycles. The van der Waals surface area contributed by atoms with Gasteiger partial charge in [0.2, 0.25) is 0 Å². The second-order valence-corrected chi connectivity index (χ2v) is 8.21. The van der Waals surface area contributed by atoms with Crippen LogP contribution in [-0.2, 0) is 11.2 Å². The Bertz CT molecular complexity index is 832. The molecule has 0 aromatic heterocycles. The van der Waals surface area contributed by atoms with Gasteiger partial charge >= 0.3 is 0 Å². The van der Waals surface area contributed by atoms with Crippen molar-refractivity contribution in [2.75, 3.05) is 6.61 Å². The van der Waals surface area contributed by atoms with Gasteiger partial charge in [0, 0.05) is 16.7 Å². The van der Waals surface area contributed by atoms with Crippen LogP contribution >= 0.6 is 12.2 Å². The first-order valence-electron chi connectivity index (χ1n) is 10.3. The zero-order valence-corrected chi connectivity index (χ0v) is 18.8. The van der Waals surface area contributed by atoms with Crippen molar-refractivity contribution < 1.29 is 9.53 Å². The fourth-order valence-electron chi connectivity index (χ4n) is 3.36. The van der Waals surface area contributed by atoms with Crippen LogP contribution in [0.2, 0.25) is 0 Å². The van der Waals surface area contributed by atoms with Gasteiger partial charge in [-0.05, 0) is 60.2 Å². The molecule has 28 heavy (non-hydrogen) atoms. The minimum Gasteiger partial charge on any atom is -0.483 e. The number of carbonyl (C=O) groups is 1. The maximum Gasteiger partial charge on any atom is 0.194 e. The molecule has 150 valence electrons. The van der Waals surface area contributed by atoms with Crippen molar-refractivity contribution in [3.05, 3.63) is 69.8 Å². The van der Waals surface area contributed by atoms with Crippen molar-refractivity contribution in [2.24, 2.45) is 0 Å². The summed E-state index contributed by atoms with van der Waals surface area (Å²) in [6, 6.07) is 12.2. The van der Waals surface area contributed by atoms with Gasteiger partial charge in [-0.1, -0.05) is 71.4 Å². The third-order valence-electron chi connectivity index (χ3n) is 4.96. The molecule has 0 saturated carbocycles. The van der Waals surface area contributed by atoms with Crippen molar-refractivity contribution in [3.63, 3.8) is 0 Å². The normalized spacial score (nSPS) is 11.1. The highest BCUT2D eigenvalue weighted by Gasteiger charge is 2.24. The van der Waals surface area contributed by atoms with Crippen LogP contribution in [0.1, 0.15) is 98.0 Å². The van der Waals surface area contributed by atoms with Gasteiger partial charge in [-0.15, -0.1) is 0 Å². The van der Waals surface area contributed by atoms with Gasteiger partial charge in [-0.2, -0.15) is 0 Å². The van der Waals surface area contributed by atoms with E-state index in [0.717, 1.165) is 24.0 Å². The predicted octanol–water partition coefficient (Wildman–Crippen LogP) is 6.83. The minimum absolute atomic E-state index is 0.0131. The molecule has 0 saturated heterocycles. The molecule has 0 unspecified atom stereocenters. The summed E-state index contributed by atoms with van der Waals surface area (Å²) in [5.41, 5.74) is 5.58. The van der Waals surface area contributed by atoms with Gasteiger partial charge in [-0.3, -0.25) is 4.79 Å². The average Bonchev–Trinajstić information content (AvgIpc) is 2.67. The van der Waals surface area contributed by atoms with E-state index in [-0.39, 0.29) is 11.7 Å². The van der Waals surface area contributed by atoms with Crippen LogP contribution in [0.15, 0.2) is 36.4 Å². The Hall–Kier alpha value is -2.00. The monoisotopic (exact) mass is 396 g/mol. The Balaban J connectivity index is 2.64. The molecule has 0 aliphatic rings. The Labute approximate surface area is 175 Å². The van der Waals surface area contributed by atoms with Gasteiger partial charge in [-0.25, -0.2) is 0 Å². The van der Waals surface area contributed by atoms with Gasteiger partial charge < -0.3 is 4.74 Å². The maximum atomic E-state index is 13.5. The summed E-state index contributed by atoms with van der Waals surface area (Å²) in [5.74, 6) is 0.567. The molecular weight excluding hydrogens is 364 g/mol. The predicted molar refractivity (Wildman–Crippen MR) is 122 cm³/mol. The molecule has 0 aliphatic heterocycles. The Morgan fingerprint density at radius 2 is 1.64 bits per heavy atom. The molecule has 0 amide bonds. The van der Waals surface area contributed by atoms with E-state index in [1.165, 1.54) is 11.1 Å². The fraction of sp³-hybridized carbons (Fsp3) is 0.440. The van der Waals surface area contributed by atoms with Crippen LogP contribution in [0.5, 0.6) is 0 Å². The lowest BCUT2D eigenvalue weighted by Gasteiger charge is -2.20. The minimum atomic E-state index is 0.0131. The van der Waals surface area contributed by atoms with Crippen LogP contribution in [0, 0.1) is 0 Å². The first-order chi connectivity index (χ1) is 13.3. The summed E-state index contributed by atoms with van der Waals surface area (Å²) in [6.07, 6.45) is 2.11. The van der Waals surface area contributed by atoms with E-state index in [1.807, 2.05) is 25.1 Å². The van der Waals surface area contributed by atoms with Crippen molar-refractivity contribution >= 4 is 23.1 Å². The smallest absolute Gasteiger partial charge is 0.194 e.